The van der Waals surface area contributed by atoms with Crippen LogP contribution in [0.25, 0.3) is 16.8 Å². The maximum absolute atomic E-state index is 11.7. The molecule has 5 nitrogen and oxygen atoms in total. The van der Waals surface area contributed by atoms with Crippen LogP contribution in [0, 0.1) is 6.92 Å². The molecule has 0 saturated heterocycles. The van der Waals surface area contributed by atoms with Crippen molar-refractivity contribution in [2.24, 2.45) is 0 Å². The summed E-state index contributed by atoms with van der Waals surface area (Å²) in [7, 11) is 0. The number of carbonyl (C=O) groups is 1. The fourth-order valence-corrected chi connectivity index (χ4v) is 4.09. The van der Waals surface area contributed by atoms with Crippen LogP contribution >= 0.6 is 11.3 Å². The average molecular weight is 422 g/mol. The van der Waals surface area contributed by atoms with Crippen LogP contribution in [0.5, 0.6) is 0 Å². The van der Waals surface area contributed by atoms with E-state index in [1.807, 2.05) is 51.1 Å². The lowest BCUT2D eigenvalue weighted by atomic mass is 10.1. The average Bonchev–Trinajstić information content (AvgIpc) is 3.18. The van der Waals surface area contributed by atoms with Gasteiger partial charge < -0.3 is 10.1 Å². The van der Waals surface area contributed by atoms with Crippen molar-refractivity contribution in [1.82, 2.24) is 9.97 Å². The molecule has 2 heterocycles. The van der Waals surface area contributed by atoms with Crippen molar-refractivity contribution in [1.29, 1.82) is 0 Å². The first-order valence-electron chi connectivity index (χ1n) is 10.2. The number of aromatic nitrogens is 2. The van der Waals surface area contributed by atoms with Gasteiger partial charge in [-0.3, -0.25) is 4.79 Å². The molecule has 0 fully saturated rings. The van der Waals surface area contributed by atoms with Gasteiger partial charge in [-0.2, -0.15) is 0 Å². The van der Waals surface area contributed by atoms with Crippen molar-refractivity contribution >= 4 is 34.9 Å². The van der Waals surface area contributed by atoms with E-state index < -0.39 is 0 Å². The fraction of sp³-hybridized carbons (Fsp3) is 0.292. The number of rotatable bonds is 8. The predicted molar refractivity (Wildman–Crippen MR) is 124 cm³/mol. The van der Waals surface area contributed by atoms with Crippen LogP contribution in [0.15, 0.2) is 42.5 Å². The summed E-state index contributed by atoms with van der Waals surface area (Å²) in [5.74, 6) is 1.33. The van der Waals surface area contributed by atoms with Crippen molar-refractivity contribution < 1.29 is 9.53 Å². The lowest BCUT2D eigenvalue weighted by Crippen LogP contribution is -2.07. The third-order valence-electron chi connectivity index (χ3n) is 4.62. The van der Waals surface area contributed by atoms with Gasteiger partial charge in [-0.15, -0.1) is 11.3 Å². The minimum Gasteiger partial charge on any atom is -0.466 e. The number of thiophene rings is 1. The standard InChI is InChI=1S/C24H27N3O2S/c1-5-8-19-13-14-21(30-19)24-25-16(4)20(6-2)23(27-24)26-18-11-9-17(10-12-18)15-22(28)29-7-3/h5,8-14H,6-7,15H2,1-4H3,(H,25,26,27)/b8-5-. The maximum Gasteiger partial charge on any atom is 0.310 e. The molecule has 1 N–H and O–H groups in total. The van der Waals surface area contributed by atoms with Gasteiger partial charge in [0.1, 0.15) is 5.82 Å². The number of ether oxygens (including phenoxy) is 1. The number of allylic oxidation sites excluding steroid dienone is 1. The Balaban J connectivity index is 1.85. The Morgan fingerprint density at radius 1 is 1.13 bits per heavy atom. The molecular formula is C24H27N3O2S. The second-order valence-corrected chi connectivity index (χ2v) is 7.93. The molecule has 3 rings (SSSR count). The third-order valence-corrected chi connectivity index (χ3v) is 5.66. The van der Waals surface area contributed by atoms with Crippen molar-refractivity contribution in [2.45, 2.75) is 40.5 Å². The van der Waals surface area contributed by atoms with Crippen LogP contribution in [0.2, 0.25) is 0 Å². The minimum absolute atomic E-state index is 0.212. The van der Waals surface area contributed by atoms with Crippen LogP contribution in [0.4, 0.5) is 11.5 Å². The number of aryl methyl sites for hydroxylation is 1. The number of nitrogens with zero attached hydrogens (tertiary/aromatic N) is 2. The molecule has 0 bridgehead atoms. The van der Waals surface area contributed by atoms with Crippen LogP contribution in [-0.4, -0.2) is 22.5 Å². The van der Waals surface area contributed by atoms with Crippen molar-refractivity contribution in [3.8, 4) is 10.7 Å². The molecule has 0 radical (unpaired) electrons. The second kappa shape index (κ2) is 10.2. The van der Waals surface area contributed by atoms with E-state index in [4.69, 9.17) is 14.7 Å². The maximum atomic E-state index is 11.7. The smallest absolute Gasteiger partial charge is 0.310 e. The highest BCUT2D eigenvalue weighted by Crippen LogP contribution is 2.30. The third kappa shape index (κ3) is 5.33. The molecule has 0 saturated carbocycles. The molecule has 0 aliphatic carbocycles. The zero-order valence-corrected chi connectivity index (χ0v) is 18.7. The zero-order valence-electron chi connectivity index (χ0n) is 17.9. The van der Waals surface area contributed by atoms with Gasteiger partial charge in [0.15, 0.2) is 5.82 Å². The molecule has 0 unspecified atom stereocenters. The SMILES string of the molecule is C/C=C\c1ccc(-c2nc(C)c(CC)c(Nc3ccc(CC(=O)OCC)cc3)n2)s1. The van der Waals surface area contributed by atoms with Crippen molar-refractivity contribution in [2.75, 3.05) is 11.9 Å². The molecule has 0 aliphatic heterocycles. The van der Waals surface area contributed by atoms with Gasteiger partial charge >= 0.3 is 5.97 Å². The molecule has 3 aromatic rings. The van der Waals surface area contributed by atoms with Crippen molar-refractivity contribution in [3.63, 3.8) is 0 Å². The molecule has 30 heavy (non-hydrogen) atoms. The van der Waals surface area contributed by atoms with Gasteiger partial charge in [0.25, 0.3) is 0 Å². The van der Waals surface area contributed by atoms with E-state index >= 15 is 0 Å². The normalized spacial score (nSPS) is 11.1. The summed E-state index contributed by atoms with van der Waals surface area (Å²) < 4.78 is 5.01. The Morgan fingerprint density at radius 2 is 1.90 bits per heavy atom. The Kier molecular flexibility index (Phi) is 7.36. The number of anilines is 2. The topological polar surface area (TPSA) is 64.1 Å². The predicted octanol–water partition coefficient (Wildman–Crippen LogP) is 5.96. The van der Waals surface area contributed by atoms with E-state index in [-0.39, 0.29) is 12.4 Å². The number of hydrogen-bond acceptors (Lipinski definition) is 6. The molecule has 156 valence electrons. The van der Waals surface area contributed by atoms with Gasteiger partial charge in [-0.1, -0.05) is 25.1 Å². The van der Waals surface area contributed by atoms with E-state index in [0.29, 0.717) is 6.61 Å². The first-order valence-corrected chi connectivity index (χ1v) is 11.0. The van der Waals surface area contributed by atoms with E-state index in [1.165, 1.54) is 4.88 Å². The van der Waals surface area contributed by atoms with Crippen LogP contribution < -0.4 is 5.32 Å². The first kappa shape index (κ1) is 21.7. The summed E-state index contributed by atoms with van der Waals surface area (Å²) in [5.41, 5.74) is 3.91. The Labute approximate surface area is 181 Å². The molecule has 0 spiro atoms. The molecule has 0 aliphatic rings. The molecule has 6 heteroatoms. The summed E-state index contributed by atoms with van der Waals surface area (Å²) in [6.07, 6.45) is 5.22. The fourth-order valence-electron chi connectivity index (χ4n) is 3.18. The van der Waals surface area contributed by atoms with E-state index in [0.717, 1.165) is 45.4 Å². The number of nitrogens with one attached hydrogen (secondary N) is 1. The number of esters is 1. The van der Waals surface area contributed by atoms with Crippen LogP contribution in [0.1, 0.15) is 42.5 Å². The number of benzene rings is 1. The summed E-state index contributed by atoms with van der Waals surface area (Å²) in [5, 5.41) is 3.44. The highest BCUT2D eigenvalue weighted by Gasteiger charge is 2.13. The molecule has 2 aromatic heterocycles. The van der Waals surface area contributed by atoms with Crippen LogP contribution in [0.3, 0.4) is 0 Å². The Morgan fingerprint density at radius 3 is 2.57 bits per heavy atom. The Bertz CT molecular complexity index is 1040. The first-order chi connectivity index (χ1) is 14.5. The van der Waals surface area contributed by atoms with Gasteiger partial charge in [-0.05, 0) is 63.1 Å². The highest BCUT2D eigenvalue weighted by atomic mass is 32.1. The molecule has 0 atom stereocenters. The molecule has 0 amide bonds. The zero-order chi connectivity index (χ0) is 21.5. The summed E-state index contributed by atoms with van der Waals surface area (Å²) in [4.78, 5) is 23.5. The summed E-state index contributed by atoms with van der Waals surface area (Å²) in [6, 6.07) is 11.9. The molecular weight excluding hydrogens is 394 g/mol. The quantitative estimate of drug-likeness (QED) is 0.455. The largest absolute Gasteiger partial charge is 0.466 e. The monoisotopic (exact) mass is 421 g/mol. The van der Waals surface area contributed by atoms with Gasteiger partial charge in [0, 0.05) is 21.8 Å². The lowest BCUT2D eigenvalue weighted by Gasteiger charge is -2.14. The van der Waals surface area contributed by atoms with E-state index in [1.54, 1.807) is 11.3 Å². The van der Waals surface area contributed by atoms with Gasteiger partial charge in [0.05, 0.1) is 17.9 Å². The summed E-state index contributed by atoms with van der Waals surface area (Å²) >= 11 is 1.68. The second-order valence-electron chi connectivity index (χ2n) is 6.82. The van der Waals surface area contributed by atoms with Crippen LogP contribution in [-0.2, 0) is 22.4 Å². The Hall–Kier alpha value is -2.99. The van der Waals surface area contributed by atoms with Crippen molar-refractivity contribution in [3.05, 3.63) is 64.2 Å². The number of hydrogen-bond donors (Lipinski definition) is 1. The van der Waals surface area contributed by atoms with Gasteiger partial charge in [-0.25, -0.2) is 9.97 Å². The number of carbonyl (C=O) groups excluding carboxylic acids is 1. The molecule has 1 aromatic carbocycles. The van der Waals surface area contributed by atoms with E-state index in [2.05, 4.69) is 30.4 Å². The summed E-state index contributed by atoms with van der Waals surface area (Å²) in [6.45, 7) is 8.35. The van der Waals surface area contributed by atoms with E-state index in [9.17, 15) is 4.79 Å². The highest BCUT2D eigenvalue weighted by molar-refractivity contribution is 7.16. The minimum atomic E-state index is -0.212. The lowest BCUT2D eigenvalue weighted by molar-refractivity contribution is -0.142. The van der Waals surface area contributed by atoms with Gasteiger partial charge in [0.2, 0.25) is 0 Å².